The SMILES string of the molecule is Nc1c([N+](=O)[O-])ccc(Sc2nc3ccccc3s2)c1N=O. The molecule has 1 aromatic heterocycles. The average Bonchev–Trinajstić information content (AvgIpc) is 2.89. The molecule has 0 atom stereocenters. The molecule has 0 radical (unpaired) electrons. The summed E-state index contributed by atoms with van der Waals surface area (Å²) in [5.41, 5.74) is 5.82. The third-order valence-corrected chi connectivity index (χ3v) is 5.06. The topological polar surface area (TPSA) is 111 Å². The Morgan fingerprint density at radius 3 is 2.73 bits per heavy atom. The summed E-state index contributed by atoms with van der Waals surface area (Å²) in [5, 5.41) is 13.7. The molecule has 0 amide bonds. The van der Waals surface area contributed by atoms with Gasteiger partial charge in [0.25, 0.3) is 5.69 Å². The van der Waals surface area contributed by atoms with Gasteiger partial charge < -0.3 is 5.73 Å². The summed E-state index contributed by atoms with van der Waals surface area (Å²) >= 11 is 2.67. The molecule has 0 bridgehead atoms. The van der Waals surface area contributed by atoms with E-state index in [0.717, 1.165) is 10.2 Å². The largest absolute Gasteiger partial charge is 0.391 e. The number of nitro groups is 1. The lowest BCUT2D eigenvalue weighted by Crippen LogP contribution is -1.96. The van der Waals surface area contributed by atoms with Crippen LogP contribution in [0.25, 0.3) is 10.2 Å². The minimum absolute atomic E-state index is 0.126. The lowest BCUT2D eigenvalue weighted by molar-refractivity contribution is -0.383. The third-order valence-electron chi connectivity index (χ3n) is 2.92. The number of hydrogen-bond donors (Lipinski definition) is 1. The van der Waals surface area contributed by atoms with Crippen LogP contribution in [-0.4, -0.2) is 9.91 Å². The van der Waals surface area contributed by atoms with E-state index in [1.165, 1.54) is 35.2 Å². The molecule has 3 rings (SSSR count). The van der Waals surface area contributed by atoms with E-state index in [4.69, 9.17) is 5.73 Å². The Labute approximate surface area is 132 Å². The molecule has 0 aliphatic carbocycles. The molecule has 110 valence electrons. The lowest BCUT2D eigenvalue weighted by atomic mass is 10.2. The van der Waals surface area contributed by atoms with E-state index >= 15 is 0 Å². The highest BCUT2D eigenvalue weighted by atomic mass is 32.2. The van der Waals surface area contributed by atoms with Crippen molar-refractivity contribution in [1.82, 2.24) is 4.98 Å². The van der Waals surface area contributed by atoms with Crippen molar-refractivity contribution in [3.8, 4) is 0 Å². The number of nitroso groups, excluding NO2 is 1. The van der Waals surface area contributed by atoms with Crippen LogP contribution in [0.3, 0.4) is 0 Å². The maximum atomic E-state index is 11.0. The molecule has 2 aromatic carbocycles. The first-order chi connectivity index (χ1) is 10.6. The van der Waals surface area contributed by atoms with Crippen LogP contribution in [0.4, 0.5) is 17.1 Å². The number of nitro benzene ring substituents is 1. The van der Waals surface area contributed by atoms with Crippen molar-refractivity contribution >= 4 is 50.4 Å². The zero-order valence-corrected chi connectivity index (χ0v) is 12.6. The number of para-hydroxylation sites is 1. The summed E-state index contributed by atoms with van der Waals surface area (Å²) in [7, 11) is 0. The van der Waals surface area contributed by atoms with Crippen molar-refractivity contribution in [2.24, 2.45) is 5.18 Å². The second kappa shape index (κ2) is 5.70. The number of rotatable bonds is 4. The highest BCUT2D eigenvalue weighted by molar-refractivity contribution is 8.01. The minimum Gasteiger partial charge on any atom is -0.391 e. The first-order valence-electron chi connectivity index (χ1n) is 6.04. The Morgan fingerprint density at radius 2 is 2.05 bits per heavy atom. The van der Waals surface area contributed by atoms with Gasteiger partial charge in [0.05, 0.1) is 15.1 Å². The summed E-state index contributed by atoms with van der Waals surface area (Å²) in [4.78, 5) is 26.1. The Balaban J connectivity index is 2.03. The number of anilines is 1. The predicted molar refractivity (Wildman–Crippen MR) is 86.7 cm³/mol. The molecule has 0 fully saturated rings. The minimum atomic E-state index is -0.643. The van der Waals surface area contributed by atoms with Gasteiger partial charge in [-0.2, -0.15) is 0 Å². The van der Waals surface area contributed by atoms with E-state index in [9.17, 15) is 15.0 Å². The number of nitrogens with two attached hydrogens (primary N) is 1. The highest BCUT2D eigenvalue weighted by Crippen LogP contribution is 2.44. The smallest absolute Gasteiger partial charge is 0.294 e. The van der Waals surface area contributed by atoms with Crippen molar-refractivity contribution < 1.29 is 4.92 Å². The van der Waals surface area contributed by atoms with Crippen molar-refractivity contribution in [3.63, 3.8) is 0 Å². The van der Waals surface area contributed by atoms with Crippen LogP contribution >= 0.6 is 23.1 Å². The maximum Gasteiger partial charge on any atom is 0.294 e. The number of benzene rings is 2. The van der Waals surface area contributed by atoms with E-state index in [2.05, 4.69) is 10.2 Å². The molecule has 9 heteroatoms. The Hall–Kier alpha value is -2.52. The fraction of sp³-hybridized carbons (Fsp3) is 0. The first kappa shape index (κ1) is 14.4. The van der Waals surface area contributed by atoms with E-state index < -0.39 is 4.92 Å². The first-order valence-corrected chi connectivity index (χ1v) is 7.67. The molecule has 0 saturated carbocycles. The van der Waals surface area contributed by atoms with E-state index in [-0.39, 0.29) is 17.1 Å². The summed E-state index contributed by atoms with van der Waals surface area (Å²) in [6.07, 6.45) is 0. The van der Waals surface area contributed by atoms with Gasteiger partial charge in [-0.1, -0.05) is 23.9 Å². The molecular formula is C13H8N4O3S2. The van der Waals surface area contributed by atoms with Crippen LogP contribution in [0.2, 0.25) is 0 Å². The summed E-state index contributed by atoms with van der Waals surface area (Å²) in [6, 6.07) is 10.4. The van der Waals surface area contributed by atoms with Crippen LogP contribution in [0.15, 0.2) is 50.8 Å². The van der Waals surface area contributed by atoms with Gasteiger partial charge in [0.2, 0.25) is 0 Å². The van der Waals surface area contributed by atoms with Crippen molar-refractivity contribution in [1.29, 1.82) is 0 Å². The number of nitrogen functional groups attached to an aromatic ring is 1. The molecule has 22 heavy (non-hydrogen) atoms. The third kappa shape index (κ3) is 2.51. The van der Waals surface area contributed by atoms with Crippen LogP contribution < -0.4 is 5.73 Å². The number of fused-ring (bicyclic) bond motifs is 1. The fourth-order valence-electron chi connectivity index (χ4n) is 1.90. The Kier molecular flexibility index (Phi) is 3.73. The van der Waals surface area contributed by atoms with Gasteiger partial charge in [0.1, 0.15) is 5.69 Å². The number of nitrogens with zero attached hydrogens (tertiary/aromatic N) is 3. The number of hydrogen-bond acceptors (Lipinski definition) is 8. The summed E-state index contributed by atoms with van der Waals surface area (Å²) < 4.78 is 1.72. The fourth-order valence-corrected chi connectivity index (χ4v) is 4.02. The van der Waals surface area contributed by atoms with Crippen LogP contribution in [-0.2, 0) is 0 Å². The summed E-state index contributed by atoms with van der Waals surface area (Å²) in [5.74, 6) is 0. The van der Waals surface area contributed by atoms with Gasteiger partial charge in [-0.05, 0) is 23.4 Å². The van der Waals surface area contributed by atoms with Crippen molar-refractivity contribution in [3.05, 3.63) is 51.4 Å². The molecule has 0 spiro atoms. The molecule has 0 aliphatic rings. The number of thiazole rings is 1. The van der Waals surface area contributed by atoms with Gasteiger partial charge >= 0.3 is 0 Å². The van der Waals surface area contributed by atoms with Gasteiger partial charge in [-0.15, -0.1) is 16.2 Å². The van der Waals surface area contributed by atoms with Gasteiger partial charge in [-0.25, -0.2) is 4.98 Å². The Bertz CT molecular complexity index is 861. The molecule has 3 aromatic rings. The standard InChI is InChI=1S/C13H8N4O3S2/c14-11-8(17(19)20)5-6-10(12(11)16-18)22-13-15-7-3-1-2-4-9(7)21-13/h1-6H,14H2. The maximum absolute atomic E-state index is 11.0. The highest BCUT2D eigenvalue weighted by Gasteiger charge is 2.20. The second-order valence-corrected chi connectivity index (χ2v) is 6.56. The van der Waals surface area contributed by atoms with E-state index in [1.54, 1.807) is 0 Å². The van der Waals surface area contributed by atoms with Gasteiger partial charge in [0, 0.05) is 11.0 Å². The zero-order chi connectivity index (χ0) is 15.7. The average molecular weight is 332 g/mol. The molecule has 0 saturated heterocycles. The molecular weight excluding hydrogens is 324 g/mol. The van der Waals surface area contributed by atoms with Gasteiger partial charge in [0.15, 0.2) is 10.0 Å². The van der Waals surface area contributed by atoms with Crippen LogP contribution in [0, 0.1) is 15.0 Å². The predicted octanol–water partition coefficient (Wildman–Crippen LogP) is 4.34. The van der Waals surface area contributed by atoms with Crippen molar-refractivity contribution in [2.45, 2.75) is 9.24 Å². The lowest BCUT2D eigenvalue weighted by Gasteiger charge is -2.04. The quantitative estimate of drug-likeness (QED) is 0.329. The monoisotopic (exact) mass is 332 g/mol. The molecule has 0 unspecified atom stereocenters. The van der Waals surface area contributed by atoms with Gasteiger partial charge in [-0.3, -0.25) is 10.1 Å². The zero-order valence-electron chi connectivity index (χ0n) is 10.9. The Morgan fingerprint density at radius 1 is 1.27 bits per heavy atom. The normalized spacial score (nSPS) is 10.7. The van der Waals surface area contributed by atoms with Crippen LogP contribution in [0.1, 0.15) is 0 Å². The molecule has 2 N–H and O–H groups in total. The molecule has 1 heterocycles. The van der Waals surface area contributed by atoms with E-state index in [0.29, 0.717) is 9.24 Å². The molecule has 7 nitrogen and oxygen atoms in total. The number of aromatic nitrogens is 1. The summed E-state index contributed by atoms with van der Waals surface area (Å²) in [6.45, 7) is 0. The molecule has 0 aliphatic heterocycles. The van der Waals surface area contributed by atoms with Crippen molar-refractivity contribution in [2.75, 3.05) is 5.73 Å². The second-order valence-electron chi connectivity index (χ2n) is 4.24. The van der Waals surface area contributed by atoms with E-state index in [1.807, 2.05) is 24.3 Å². The van der Waals surface area contributed by atoms with Crippen LogP contribution in [0.5, 0.6) is 0 Å².